The standard InChI is InChI=1S/C21H24ClNO3/c1-14-12-18(25-2)19(26-3)13-17(14)23-20(24)21(10-4-5-11-21)15-6-8-16(22)9-7-15/h6-9,12-13H,4-5,10-11H2,1-3H3,(H,23,24). The number of aryl methyl sites for hydroxylation is 1. The molecule has 1 aliphatic carbocycles. The molecule has 1 saturated carbocycles. The zero-order chi connectivity index (χ0) is 18.7. The molecule has 1 N–H and O–H groups in total. The van der Waals surface area contributed by atoms with Gasteiger partial charge in [0.1, 0.15) is 0 Å². The Labute approximate surface area is 159 Å². The number of ether oxygens (including phenoxy) is 2. The Morgan fingerprint density at radius 3 is 2.19 bits per heavy atom. The Kier molecular flexibility index (Phi) is 5.42. The van der Waals surface area contributed by atoms with E-state index < -0.39 is 5.41 Å². The molecule has 0 aliphatic heterocycles. The number of benzene rings is 2. The Hall–Kier alpha value is -2.20. The van der Waals surface area contributed by atoms with Gasteiger partial charge in [0.05, 0.1) is 19.6 Å². The van der Waals surface area contributed by atoms with Crippen molar-refractivity contribution in [2.45, 2.75) is 38.0 Å². The monoisotopic (exact) mass is 373 g/mol. The fourth-order valence-electron chi connectivity index (χ4n) is 3.75. The van der Waals surface area contributed by atoms with E-state index in [0.717, 1.165) is 42.5 Å². The molecule has 2 aromatic rings. The third-order valence-electron chi connectivity index (χ3n) is 5.27. The van der Waals surface area contributed by atoms with E-state index in [2.05, 4.69) is 5.32 Å². The lowest BCUT2D eigenvalue weighted by Crippen LogP contribution is -2.38. The van der Waals surface area contributed by atoms with Gasteiger partial charge in [-0.05, 0) is 49.1 Å². The highest BCUT2D eigenvalue weighted by molar-refractivity contribution is 6.30. The van der Waals surface area contributed by atoms with Crippen LogP contribution in [-0.4, -0.2) is 20.1 Å². The molecule has 1 aliphatic rings. The summed E-state index contributed by atoms with van der Waals surface area (Å²) in [5.41, 5.74) is 2.19. The van der Waals surface area contributed by atoms with Gasteiger partial charge in [-0.1, -0.05) is 36.6 Å². The van der Waals surface area contributed by atoms with E-state index >= 15 is 0 Å². The summed E-state index contributed by atoms with van der Waals surface area (Å²) in [6, 6.07) is 11.3. The smallest absolute Gasteiger partial charge is 0.235 e. The third kappa shape index (κ3) is 3.38. The molecule has 0 saturated heterocycles. The average Bonchev–Trinajstić information content (AvgIpc) is 3.14. The van der Waals surface area contributed by atoms with Crippen molar-refractivity contribution in [3.05, 3.63) is 52.5 Å². The minimum atomic E-state index is -0.510. The zero-order valence-corrected chi connectivity index (χ0v) is 16.2. The summed E-state index contributed by atoms with van der Waals surface area (Å²) in [5, 5.41) is 3.80. The summed E-state index contributed by atoms with van der Waals surface area (Å²) in [6.45, 7) is 1.95. The summed E-state index contributed by atoms with van der Waals surface area (Å²) < 4.78 is 10.7. The number of rotatable bonds is 5. The fourth-order valence-corrected chi connectivity index (χ4v) is 3.88. The van der Waals surface area contributed by atoms with E-state index in [1.54, 1.807) is 14.2 Å². The first kappa shape index (κ1) is 18.6. The first-order valence-corrected chi connectivity index (χ1v) is 9.18. The van der Waals surface area contributed by atoms with E-state index in [1.165, 1.54) is 0 Å². The molecule has 0 unspecified atom stereocenters. The van der Waals surface area contributed by atoms with Gasteiger partial charge < -0.3 is 14.8 Å². The quantitative estimate of drug-likeness (QED) is 0.791. The molecule has 0 aromatic heterocycles. The average molecular weight is 374 g/mol. The first-order valence-electron chi connectivity index (χ1n) is 8.80. The van der Waals surface area contributed by atoms with Crippen molar-refractivity contribution in [1.29, 1.82) is 0 Å². The van der Waals surface area contributed by atoms with Crippen LogP contribution in [0.4, 0.5) is 5.69 Å². The molecule has 3 rings (SSSR count). The second-order valence-electron chi connectivity index (χ2n) is 6.77. The summed E-state index contributed by atoms with van der Waals surface area (Å²) in [5.74, 6) is 1.27. The molecule has 0 heterocycles. The molecule has 2 aromatic carbocycles. The van der Waals surface area contributed by atoms with E-state index in [9.17, 15) is 4.79 Å². The molecule has 1 amide bonds. The molecule has 1 fully saturated rings. The van der Waals surface area contributed by atoms with Crippen molar-refractivity contribution in [2.24, 2.45) is 0 Å². The van der Waals surface area contributed by atoms with Crippen molar-refractivity contribution < 1.29 is 14.3 Å². The van der Waals surface area contributed by atoms with Gasteiger partial charge in [0.15, 0.2) is 11.5 Å². The van der Waals surface area contributed by atoms with Crippen LogP contribution in [0, 0.1) is 6.92 Å². The van der Waals surface area contributed by atoms with Crippen LogP contribution in [0.25, 0.3) is 0 Å². The molecule has 0 spiro atoms. The summed E-state index contributed by atoms with van der Waals surface area (Å²) in [6.07, 6.45) is 3.77. The summed E-state index contributed by atoms with van der Waals surface area (Å²) in [4.78, 5) is 13.3. The van der Waals surface area contributed by atoms with E-state index in [4.69, 9.17) is 21.1 Å². The van der Waals surface area contributed by atoms with Crippen molar-refractivity contribution in [2.75, 3.05) is 19.5 Å². The van der Waals surface area contributed by atoms with Gasteiger partial charge in [0.25, 0.3) is 0 Å². The van der Waals surface area contributed by atoms with Crippen molar-refractivity contribution in [1.82, 2.24) is 0 Å². The first-order chi connectivity index (χ1) is 12.5. The van der Waals surface area contributed by atoms with Gasteiger partial charge in [0, 0.05) is 16.8 Å². The number of nitrogens with one attached hydrogen (secondary N) is 1. The SMILES string of the molecule is COc1cc(C)c(NC(=O)C2(c3ccc(Cl)cc3)CCCC2)cc1OC. The van der Waals surface area contributed by atoms with Crippen LogP contribution in [-0.2, 0) is 10.2 Å². The minimum Gasteiger partial charge on any atom is -0.493 e. The highest BCUT2D eigenvalue weighted by Gasteiger charge is 2.42. The maximum Gasteiger partial charge on any atom is 0.235 e. The number of anilines is 1. The van der Waals surface area contributed by atoms with E-state index in [1.807, 2.05) is 43.3 Å². The maximum atomic E-state index is 13.3. The lowest BCUT2D eigenvalue weighted by molar-refractivity contribution is -0.121. The molecule has 0 radical (unpaired) electrons. The van der Waals surface area contributed by atoms with Crippen molar-refractivity contribution in [3.8, 4) is 11.5 Å². The van der Waals surface area contributed by atoms with Crippen LogP contribution < -0.4 is 14.8 Å². The van der Waals surface area contributed by atoms with Gasteiger partial charge in [-0.15, -0.1) is 0 Å². The highest BCUT2D eigenvalue weighted by Crippen LogP contribution is 2.43. The molecule has 5 heteroatoms. The fraction of sp³-hybridized carbons (Fsp3) is 0.381. The van der Waals surface area contributed by atoms with Gasteiger partial charge >= 0.3 is 0 Å². The van der Waals surface area contributed by atoms with Gasteiger partial charge in [-0.2, -0.15) is 0 Å². The largest absolute Gasteiger partial charge is 0.493 e. The Bertz CT molecular complexity index is 796. The molecule has 0 bridgehead atoms. The predicted octanol–water partition coefficient (Wildman–Crippen LogP) is 5.12. The van der Waals surface area contributed by atoms with E-state index in [-0.39, 0.29) is 5.91 Å². The van der Waals surface area contributed by atoms with E-state index in [0.29, 0.717) is 16.5 Å². The Balaban J connectivity index is 1.93. The third-order valence-corrected chi connectivity index (χ3v) is 5.52. The number of carbonyl (C=O) groups excluding carboxylic acids is 1. The predicted molar refractivity (Wildman–Crippen MR) is 105 cm³/mol. The van der Waals surface area contributed by atoms with Crippen molar-refractivity contribution in [3.63, 3.8) is 0 Å². The second kappa shape index (κ2) is 7.58. The Morgan fingerprint density at radius 1 is 1.04 bits per heavy atom. The number of carbonyl (C=O) groups is 1. The molecule has 0 atom stereocenters. The number of halogens is 1. The van der Waals surface area contributed by atoms with Crippen LogP contribution in [0.5, 0.6) is 11.5 Å². The number of hydrogen-bond donors (Lipinski definition) is 1. The second-order valence-corrected chi connectivity index (χ2v) is 7.21. The normalized spacial score (nSPS) is 15.5. The minimum absolute atomic E-state index is 0.0210. The number of hydrogen-bond acceptors (Lipinski definition) is 3. The van der Waals surface area contributed by atoms with Crippen molar-refractivity contribution >= 4 is 23.2 Å². The van der Waals surface area contributed by atoms with Gasteiger partial charge in [-0.25, -0.2) is 0 Å². The number of amides is 1. The highest BCUT2D eigenvalue weighted by atomic mass is 35.5. The van der Waals surface area contributed by atoms with Gasteiger partial charge in [0.2, 0.25) is 5.91 Å². The molecule has 138 valence electrons. The topological polar surface area (TPSA) is 47.6 Å². The summed E-state index contributed by atoms with van der Waals surface area (Å²) in [7, 11) is 3.19. The van der Waals surface area contributed by atoms with Crippen LogP contribution in [0.3, 0.4) is 0 Å². The van der Waals surface area contributed by atoms with Crippen LogP contribution in [0.1, 0.15) is 36.8 Å². The molecular formula is C21H24ClNO3. The molecular weight excluding hydrogens is 350 g/mol. The van der Waals surface area contributed by atoms with Gasteiger partial charge in [-0.3, -0.25) is 4.79 Å². The lowest BCUT2D eigenvalue weighted by atomic mass is 9.78. The molecule has 4 nitrogen and oxygen atoms in total. The lowest BCUT2D eigenvalue weighted by Gasteiger charge is -2.29. The van der Waals surface area contributed by atoms with Crippen LogP contribution in [0.15, 0.2) is 36.4 Å². The number of methoxy groups -OCH3 is 2. The van der Waals surface area contributed by atoms with Crippen LogP contribution >= 0.6 is 11.6 Å². The zero-order valence-electron chi connectivity index (χ0n) is 15.4. The summed E-state index contributed by atoms with van der Waals surface area (Å²) >= 11 is 6.03. The Morgan fingerprint density at radius 2 is 1.62 bits per heavy atom. The maximum absolute atomic E-state index is 13.3. The molecule has 26 heavy (non-hydrogen) atoms. The van der Waals surface area contributed by atoms with Crippen LogP contribution in [0.2, 0.25) is 5.02 Å².